The van der Waals surface area contributed by atoms with Crippen molar-refractivity contribution in [3.8, 4) is 0 Å². The number of alkyl halides is 1. The highest BCUT2D eigenvalue weighted by Crippen LogP contribution is 2.28. The van der Waals surface area contributed by atoms with Gasteiger partial charge in [-0.05, 0) is 28.9 Å². The van der Waals surface area contributed by atoms with E-state index in [-0.39, 0.29) is 18.1 Å². The Balaban J connectivity index is 2.53. The Kier molecular flexibility index (Phi) is 4.95. The first-order valence-electron chi connectivity index (χ1n) is 6.45. The molecule has 1 aromatic carbocycles. The fourth-order valence-corrected chi connectivity index (χ4v) is 3.30. The third-order valence-corrected chi connectivity index (χ3v) is 5.73. The van der Waals surface area contributed by atoms with Crippen molar-refractivity contribution in [2.24, 2.45) is 0 Å². The zero-order chi connectivity index (χ0) is 15.8. The summed E-state index contributed by atoms with van der Waals surface area (Å²) in [4.78, 5) is 4.38. The zero-order valence-corrected chi connectivity index (χ0v) is 14.8. The summed E-state index contributed by atoms with van der Waals surface area (Å²) in [6, 6.07) is 2.91. The van der Waals surface area contributed by atoms with Crippen LogP contribution in [0.3, 0.4) is 0 Å². The van der Waals surface area contributed by atoms with Gasteiger partial charge in [0.25, 0.3) is 0 Å². The Morgan fingerprint density at radius 1 is 1.48 bits per heavy atom. The summed E-state index contributed by atoms with van der Waals surface area (Å²) in [5.74, 6) is 0.167. The third-order valence-electron chi connectivity index (χ3n) is 3.24. The maximum Gasteiger partial charge on any atom is 0.151 e. The maximum atomic E-state index is 13.7. The quantitative estimate of drug-likeness (QED) is 0.723. The first-order valence-corrected chi connectivity index (χ1v) is 9.50. The van der Waals surface area contributed by atoms with Crippen molar-refractivity contribution < 1.29 is 12.8 Å². The number of benzene rings is 1. The molecule has 1 atom stereocenters. The molecule has 1 heterocycles. The zero-order valence-electron chi connectivity index (χ0n) is 11.6. The fourth-order valence-electron chi connectivity index (χ4n) is 2.05. The van der Waals surface area contributed by atoms with E-state index in [1.165, 1.54) is 6.07 Å². The van der Waals surface area contributed by atoms with Crippen molar-refractivity contribution in [1.82, 2.24) is 9.55 Å². The molecule has 1 unspecified atom stereocenters. The molecular formula is C13H15BrClFN2O2S. The third kappa shape index (κ3) is 3.57. The van der Waals surface area contributed by atoms with Crippen LogP contribution in [0.1, 0.15) is 25.0 Å². The first-order chi connectivity index (χ1) is 9.75. The average molecular weight is 398 g/mol. The summed E-state index contributed by atoms with van der Waals surface area (Å²) < 4.78 is 39.1. The van der Waals surface area contributed by atoms with E-state index in [0.29, 0.717) is 21.3 Å². The Morgan fingerprint density at radius 3 is 2.71 bits per heavy atom. The molecule has 0 amide bonds. The number of nitrogens with zero attached hydrogens (tertiary/aromatic N) is 2. The molecule has 0 saturated carbocycles. The molecule has 0 aliphatic heterocycles. The molecule has 1 aromatic heterocycles. The molecule has 0 aliphatic carbocycles. The van der Waals surface area contributed by atoms with Crippen molar-refractivity contribution in [1.29, 1.82) is 0 Å². The van der Waals surface area contributed by atoms with E-state index < -0.39 is 21.0 Å². The molecular weight excluding hydrogens is 383 g/mol. The SMILES string of the molecule is CCS(=O)(=O)CCn1c(C(C)Cl)nc2cc(Br)c(F)cc21. The lowest BCUT2D eigenvalue weighted by atomic mass is 10.3. The molecule has 0 radical (unpaired) electrons. The molecule has 0 saturated heterocycles. The van der Waals surface area contributed by atoms with Gasteiger partial charge in [-0.3, -0.25) is 0 Å². The first kappa shape index (κ1) is 16.7. The Bertz CT molecular complexity index is 774. The largest absolute Gasteiger partial charge is 0.326 e. The van der Waals surface area contributed by atoms with E-state index in [2.05, 4.69) is 20.9 Å². The molecule has 0 spiro atoms. The van der Waals surface area contributed by atoms with Gasteiger partial charge in [0, 0.05) is 18.4 Å². The lowest BCUT2D eigenvalue weighted by molar-refractivity contribution is 0.588. The van der Waals surface area contributed by atoms with E-state index in [1.807, 2.05) is 0 Å². The molecule has 4 nitrogen and oxygen atoms in total. The number of halogens is 3. The smallest absolute Gasteiger partial charge is 0.151 e. The van der Waals surface area contributed by atoms with Crippen LogP contribution in [-0.4, -0.2) is 29.5 Å². The van der Waals surface area contributed by atoms with Gasteiger partial charge in [0.05, 0.1) is 26.6 Å². The summed E-state index contributed by atoms with van der Waals surface area (Å²) in [5.41, 5.74) is 1.13. The van der Waals surface area contributed by atoms with Crippen LogP contribution in [0.2, 0.25) is 0 Å². The van der Waals surface area contributed by atoms with Gasteiger partial charge in [-0.15, -0.1) is 11.6 Å². The molecule has 21 heavy (non-hydrogen) atoms. The minimum Gasteiger partial charge on any atom is -0.326 e. The van der Waals surface area contributed by atoms with Gasteiger partial charge in [0.15, 0.2) is 9.84 Å². The number of sulfone groups is 1. The van der Waals surface area contributed by atoms with Crippen LogP contribution < -0.4 is 0 Å². The van der Waals surface area contributed by atoms with Crippen LogP contribution in [0.25, 0.3) is 11.0 Å². The molecule has 2 rings (SSSR count). The summed E-state index contributed by atoms with van der Waals surface area (Å²) in [7, 11) is -3.12. The highest BCUT2D eigenvalue weighted by atomic mass is 79.9. The van der Waals surface area contributed by atoms with Crippen LogP contribution in [0.15, 0.2) is 16.6 Å². The molecule has 116 valence electrons. The standard InChI is InChI=1S/C13H15BrClFN2O2S/c1-3-21(19,20)5-4-18-12-7-10(16)9(14)6-11(12)17-13(18)8(2)15/h6-8H,3-5H2,1-2H3. The van der Waals surface area contributed by atoms with Gasteiger partial charge in [-0.25, -0.2) is 17.8 Å². The summed E-state index contributed by atoms with van der Waals surface area (Å²) >= 11 is 9.22. The topological polar surface area (TPSA) is 52.0 Å². The van der Waals surface area contributed by atoms with E-state index in [4.69, 9.17) is 11.6 Å². The summed E-state index contributed by atoms with van der Waals surface area (Å²) in [6.45, 7) is 3.56. The van der Waals surface area contributed by atoms with Crippen LogP contribution in [0, 0.1) is 5.82 Å². The van der Waals surface area contributed by atoms with Gasteiger partial charge >= 0.3 is 0 Å². The summed E-state index contributed by atoms with van der Waals surface area (Å²) in [5, 5.41) is -0.399. The lowest BCUT2D eigenvalue weighted by Crippen LogP contribution is -2.16. The molecule has 0 N–H and O–H groups in total. The van der Waals surface area contributed by atoms with E-state index in [1.54, 1.807) is 24.5 Å². The minimum absolute atomic E-state index is 0.0246. The number of imidazole rings is 1. The van der Waals surface area contributed by atoms with Crippen LogP contribution in [-0.2, 0) is 16.4 Å². The maximum absolute atomic E-state index is 13.7. The second-order valence-electron chi connectivity index (χ2n) is 4.73. The van der Waals surface area contributed by atoms with Crippen molar-refractivity contribution in [2.75, 3.05) is 11.5 Å². The van der Waals surface area contributed by atoms with Gasteiger partial charge in [-0.1, -0.05) is 6.92 Å². The Labute approximate surface area is 136 Å². The Morgan fingerprint density at radius 2 is 2.14 bits per heavy atom. The van der Waals surface area contributed by atoms with Crippen LogP contribution in [0.5, 0.6) is 0 Å². The van der Waals surface area contributed by atoms with Gasteiger partial charge in [-0.2, -0.15) is 0 Å². The average Bonchev–Trinajstić information content (AvgIpc) is 2.75. The number of hydrogen-bond acceptors (Lipinski definition) is 3. The number of aryl methyl sites for hydroxylation is 1. The number of aromatic nitrogens is 2. The predicted molar refractivity (Wildman–Crippen MR) is 86.0 cm³/mol. The molecule has 0 bridgehead atoms. The highest BCUT2D eigenvalue weighted by molar-refractivity contribution is 9.10. The molecule has 8 heteroatoms. The Hall–Kier alpha value is -0.660. The summed E-state index contributed by atoms with van der Waals surface area (Å²) in [6.07, 6.45) is 0. The fraction of sp³-hybridized carbons (Fsp3) is 0.462. The van der Waals surface area contributed by atoms with Gasteiger partial charge < -0.3 is 4.57 Å². The van der Waals surface area contributed by atoms with Gasteiger partial charge in [0.1, 0.15) is 11.6 Å². The number of fused-ring (bicyclic) bond motifs is 1. The van der Waals surface area contributed by atoms with Crippen LogP contribution in [0.4, 0.5) is 4.39 Å². The number of hydrogen-bond donors (Lipinski definition) is 0. The van der Waals surface area contributed by atoms with Crippen molar-refractivity contribution in [2.45, 2.75) is 25.8 Å². The van der Waals surface area contributed by atoms with Crippen molar-refractivity contribution in [3.05, 3.63) is 28.2 Å². The van der Waals surface area contributed by atoms with Crippen molar-refractivity contribution >= 4 is 48.4 Å². The molecule has 2 aromatic rings. The second kappa shape index (κ2) is 6.22. The predicted octanol–water partition coefficient (Wildman–Crippen LogP) is 3.67. The number of rotatable bonds is 5. The lowest BCUT2D eigenvalue weighted by Gasteiger charge is -2.10. The minimum atomic E-state index is -3.12. The van der Waals surface area contributed by atoms with Crippen LogP contribution >= 0.6 is 27.5 Å². The van der Waals surface area contributed by atoms with Gasteiger partial charge in [0.2, 0.25) is 0 Å². The van der Waals surface area contributed by atoms with E-state index in [0.717, 1.165) is 0 Å². The molecule has 0 fully saturated rings. The van der Waals surface area contributed by atoms with E-state index in [9.17, 15) is 12.8 Å². The highest BCUT2D eigenvalue weighted by Gasteiger charge is 2.18. The normalized spacial score (nSPS) is 13.8. The second-order valence-corrected chi connectivity index (χ2v) is 8.71. The monoisotopic (exact) mass is 396 g/mol. The van der Waals surface area contributed by atoms with Crippen molar-refractivity contribution in [3.63, 3.8) is 0 Å². The van der Waals surface area contributed by atoms with E-state index >= 15 is 0 Å². The molecule has 0 aliphatic rings.